The summed E-state index contributed by atoms with van der Waals surface area (Å²) in [6, 6.07) is 15.1. The number of alkyl halides is 1. The van der Waals surface area contributed by atoms with Crippen molar-refractivity contribution in [1.29, 1.82) is 0 Å². The number of methoxy groups -OCH3 is 1. The Morgan fingerprint density at radius 1 is 1.05 bits per heavy atom. The van der Waals surface area contributed by atoms with E-state index < -0.39 is 0 Å². The highest BCUT2D eigenvalue weighted by atomic mass is 79.9. The zero-order chi connectivity index (χ0) is 15.2. The van der Waals surface area contributed by atoms with Crippen molar-refractivity contribution in [1.82, 2.24) is 0 Å². The van der Waals surface area contributed by atoms with Crippen LogP contribution in [-0.2, 0) is 12.8 Å². The molecule has 0 fully saturated rings. The first kappa shape index (κ1) is 16.6. The molecular formula is C18H20Br2O. The molecule has 0 amide bonds. The largest absolute Gasteiger partial charge is 0.496 e. The average molecular weight is 412 g/mol. The molecule has 0 aliphatic carbocycles. The number of hydrogen-bond acceptors (Lipinski definition) is 1. The van der Waals surface area contributed by atoms with Gasteiger partial charge in [-0.3, -0.25) is 0 Å². The first-order valence-corrected chi connectivity index (χ1v) is 8.97. The Bertz CT molecular complexity index is 596. The van der Waals surface area contributed by atoms with Gasteiger partial charge < -0.3 is 4.74 Å². The Balaban J connectivity index is 2.07. The lowest BCUT2D eigenvalue weighted by Crippen LogP contribution is -2.10. The SMILES string of the molecule is COc1ccc(CC(CBr)Cc2cccc(C)c2)cc1Br. The fraction of sp³-hybridized carbons (Fsp3) is 0.333. The van der Waals surface area contributed by atoms with Crippen LogP contribution in [0.25, 0.3) is 0 Å². The van der Waals surface area contributed by atoms with Gasteiger partial charge in [0.05, 0.1) is 11.6 Å². The van der Waals surface area contributed by atoms with Crippen LogP contribution >= 0.6 is 31.9 Å². The van der Waals surface area contributed by atoms with E-state index in [4.69, 9.17) is 4.74 Å². The molecule has 1 atom stereocenters. The smallest absolute Gasteiger partial charge is 0.133 e. The van der Waals surface area contributed by atoms with E-state index in [0.717, 1.165) is 28.4 Å². The van der Waals surface area contributed by atoms with Gasteiger partial charge in [-0.25, -0.2) is 0 Å². The van der Waals surface area contributed by atoms with Gasteiger partial charge in [-0.2, -0.15) is 0 Å². The summed E-state index contributed by atoms with van der Waals surface area (Å²) >= 11 is 7.22. The molecule has 0 saturated heterocycles. The highest BCUT2D eigenvalue weighted by molar-refractivity contribution is 9.10. The summed E-state index contributed by atoms with van der Waals surface area (Å²) in [7, 11) is 1.69. The molecule has 0 radical (unpaired) electrons. The summed E-state index contributed by atoms with van der Waals surface area (Å²) in [5.41, 5.74) is 4.07. The van der Waals surface area contributed by atoms with E-state index >= 15 is 0 Å². The molecule has 0 spiro atoms. The molecule has 0 aliphatic rings. The predicted molar refractivity (Wildman–Crippen MR) is 96.6 cm³/mol. The monoisotopic (exact) mass is 410 g/mol. The zero-order valence-corrected chi connectivity index (χ0v) is 15.6. The van der Waals surface area contributed by atoms with Crippen LogP contribution < -0.4 is 4.74 Å². The molecule has 112 valence electrons. The van der Waals surface area contributed by atoms with Gasteiger partial charge in [0.15, 0.2) is 0 Å². The Kier molecular flexibility index (Phi) is 6.31. The standard InChI is InChI=1S/C18H20Br2O/c1-13-4-3-5-14(8-13)9-16(12-19)10-15-6-7-18(21-2)17(20)11-15/h3-8,11,16H,9-10,12H2,1-2H3. The van der Waals surface area contributed by atoms with Crippen LogP contribution in [0.4, 0.5) is 0 Å². The van der Waals surface area contributed by atoms with E-state index in [0.29, 0.717) is 5.92 Å². The minimum Gasteiger partial charge on any atom is -0.496 e. The molecule has 0 N–H and O–H groups in total. The Morgan fingerprint density at radius 3 is 2.33 bits per heavy atom. The predicted octanol–water partition coefficient (Wildman–Crippen LogP) is 5.56. The van der Waals surface area contributed by atoms with Gasteiger partial charge in [-0.15, -0.1) is 0 Å². The van der Waals surface area contributed by atoms with Gasteiger partial charge >= 0.3 is 0 Å². The normalized spacial score (nSPS) is 12.2. The van der Waals surface area contributed by atoms with Crippen LogP contribution in [0.2, 0.25) is 0 Å². The van der Waals surface area contributed by atoms with Crippen LogP contribution in [0.15, 0.2) is 46.9 Å². The van der Waals surface area contributed by atoms with E-state index in [2.05, 4.69) is 75.2 Å². The van der Waals surface area contributed by atoms with E-state index in [-0.39, 0.29) is 0 Å². The molecule has 3 heteroatoms. The van der Waals surface area contributed by atoms with Crippen molar-refractivity contribution in [3.05, 3.63) is 63.6 Å². The molecule has 0 bridgehead atoms. The lowest BCUT2D eigenvalue weighted by Gasteiger charge is -2.15. The summed E-state index contributed by atoms with van der Waals surface area (Å²) < 4.78 is 6.30. The molecule has 21 heavy (non-hydrogen) atoms. The van der Waals surface area contributed by atoms with Crippen LogP contribution in [0.5, 0.6) is 5.75 Å². The van der Waals surface area contributed by atoms with E-state index in [1.165, 1.54) is 16.7 Å². The molecule has 1 unspecified atom stereocenters. The summed E-state index contributed by atoms with van der Waals surface area (Å²) in [6.45, 7) is 2.15. The molecule has 2 aromatic rings. The summed E-state index contributed by atoms with van der Waals surface area (Å²) in [5.74, 6) is 1.47. The summed E-state index contributed by atoms with van der Waals surface area (Å²) in [4.78, 5) is 0. The Morgan fingerprint density at radius 2 is 1.76 bits per heavy atom. The number of rotatable bonds is 6. The van der Waals surface area contributed by atoms with E-state index in [1.54, 1.807) is 7.11 Å². The number of hydrogen-bond donors (Lipinski definition) is 0. The number of ether oxygens (including phenoxy) is 1. The van der Waals surface area contributed by atoms with Crippen molar-refractivity contribution in [3.8, 4) is 5.75 Å². The van der Waals surface area contributed by atoms with Crippen molar-refractivity contribution in [3.63, 3.8) is 0 Å². The maximum absolute atomic E-state index is 5.28. The third-order valence-electron chi connectivity index (χ3n) is 3.57. The molecule has 0 heterocycles. The topological polar surface area (TPSA) is 9.23 Å². The lowest BCUT2D eigenvalue weighted by molar-refractivity contribution is 0.412. The number of aryl methyl sites for hydroxylation is 1. The Hall–Kier alpha value is -0.800. The maximum atomic E-state index is 5.28. The fourth-order valence-corrected chi connectivity index (χ4v) is 3.57. The molecule has 2 aromatic carbocycles. The van der Waals surface area contributed by atoms with Gasteiger partial charge in [0.1, 0.15) is 5.75 Å². The highest BCUT2D eigenvalue weighted by Crippen LogP contribution is 2.27. The van der Waals surface area contributed by atoms with Crippen molar-refractivity contribution < 1.29 is 4.74 Å². The summed E-state index contributed by atoms with van der Waals surface area (Å²) in [5, 5.41) is 1.00. The maximum Gasteiger partial charge on any atom is 0.133 e. The average Bonchev–Trinajstić information content (AvgIpc) is 2.47. The minimum absolute atomic E-state index is 0.590. The van der Waals surface area contributed by atoms with Gasteiger partial charge in [-0.1, -0.05) is 51.8 Å². The second-order valence-electron chi connectivity index (χ2n) is 5.39. The van der Waals surface area contributed by atoms with Gasteiger partial charge in [0, 0.05) is 5.33 Å². The third-order valence-corrected chi connectivity index (χ3v) is 5.10. The molecule has 0 saturated carbocycles. The van der Waals surface area contributed by atoms with Crippen molar-refractivity contribution in [2.24, 2.45) is 5.92 Å². The fourth-order valence-electron chi connectivity index (χ4n) is 2.52. The van der Waals surface area contributed by atoms with E-state index in [9.17, 15) is 0 Å². The highest BCUT2D eigenvalue weighted by Gasteiger charge is 2.11. The molecule has 0 aromatic heterocycles. The number of halogens is 2. The van der Waals surface area contributed by atoms with E-state index in [1.807, 2.05) is 6.07 Å². The van der Waals surface area contributed by atoms with Gasteiger partial charge in [0.25, 0.3) is 0 Å². The van der Waals surface area contributed by atoms with Crippen LogP contribution in [0.1, 0.15) is 16.7 Å². The van der Waals surface area contributed by atoms with Crippen molar-refractivity contribution >= 4 is 31.9 Å². The quantitative estimate of drug-likeness (QED) is 0.565. The second kappa shape index (κ2) is 8.00. The second-order valence-corrected chi connectivity index (χ2v) is 6.89. The Labute approximate surface area is 144 Å². The first-order chi connectivity index (χ1) is 10.1. The molecular weight excluding hydrogens is 392 g/mol. The van der Waals surface area contributed by atoms with Gasteiger partial charge in [-0.05, 0) is 64.9 Å². The minimum atomic E-state index is 0.590. The number of benzene rings is 2. The van der Waals surface area contributed by atoms with Crippen LogP contribution in [0, 0.1) is 12.8 Å². The molecule has 1 nitrogen and oxygen atoms in total. The van der Waals surface area contributed by atoms with Gasteiger partial charge in [0.2, 0.25) is 0 Å². The first-order valence-electron chi connectivity index (χ1n) is 7.06. The molecule has 0 aliphatic heterocycles. The van der Waals surface area contributed by atoms with Crippen LogP contribution in [0.3, 0.4) is 0 Å². The van der Waals surface area contributed by atoms with Crippen molar-refractivity contribution in [2.45, 2.75) is 19.8 Å². The van der Waals surface area contributed by atoms with Crippen LogP contribution in [-0.4, -0.2) is 12.4 Å². The summed E-state index contributed by atoms with van der Waals surface area (Å²) in [6.07, 6.45) is 2.15. The third kappa shape index (κ3) is 4.86. The lowest BCUT2D eigenvalue weighted by atomic mass is 9.93. The molecule has 2 rings (SSSR count). The van der Waals surface area contributed by atoms with Crippen molar-refractivity contribution in [2.75, 3.05) is 12.4 Å². The zero-order valence-electron chi connectivity index (χ0n) is 12.4.